The first-order valence-electron chi connectivity index (χ1n) is 6.34. The van der Waals surface area contributed by atoms with Gasteiger partial charge in [-0.15, -0.1) is 0 Å². The van der Waals surface area contributed by atoms with Crippen LogP contribution in [0.5, 0.6) is 0 Å². The molecule has 108 valence electrons. The number of hydrogen-bond acceptors (Lipinski definition) is 4. The fraction of sp³-hybridized carbons (Fsp3) is 0.357. The lowest BCUT2D eigenvalue weighted by Gasteiger charge is -2.21. The minimum Gasteiger partial charge on any atom is -0.348 e. The summed E-state index contributed by atoms with van der Waals surface area (Å²) in [6.45, 7) is 3.77. The van der Waals surface area contributed by atoms with E-state index in [9.17, 15) is 13.2 Å². The standard InChI is InChI=1S/C14H18N2O3S/c1-10(12-8-15-9-12)14(17)16-7-11-3-5-13(6-4-11)20(2,18)19/h3-6,15H,7-9H2,1-2H3,(H,16,17). The Kier molecular flexibility index (Phi) is 4.25. The van der Waals surface area contributed by atoms with Gasteiger partial charge < -0.3 is 10.6 Å². The monoisotopic (exact) mass is 294 g/mol. The lowest BCUT2D eigenvalue weighted by molar-refractivity contribution is -0.117. The zero-order valence-electron chi connectivity index (χ0n) is 11.6. The number of sulfone groups is 1. The van der Waals surface area contributed by atoms with Gasteiger partial charge in [0, 0.05) is 31.5 Å². The third kappa shape index (κ3) is 3.46. The molecule has 0 bridgehead atoms. The van der Waals surface area contributed by atoms with Crippen LogP contribution in [0.2, 0.25) is 0 Å². The Hall–Kier alpha value is -1.66. The van der Waals surface area contributed by atoms with Gasteiger partial charge in [0.1, 0.15) is 0 Å². The highest BCUT2D eigenvalue weighted by atomic mass is 32.2. The molecule has 0 saturated carbocycles. The lowest BCUT2D eigenvalue weighted by Crippen LogP contribution is -2.37. The van der Waals surface area contributed by atoms with Crippen molar-refractivity contribution in [1.29, 1.82) is 0 Å². The van der Waals surface area contributed by atoms with E-state index in [2.05, 4.69) is 10.6 Å². The maximum Gasteiger partial charge on any atom is 0.247 e. The summed E-state index contributed by atoms with van der Waals surface area (Å²) in [5.41, 5.74) is 2.77. The van der Waals surface area contributed by atoms with E-state index in [1.807, 2.05) is 6.92 Å². The Morgan fingerprint density at radius 2 is 1.85 bits per heavy atom. The Labute approximate surface area is 119 Å². The van der Waals surface area contributed by atoms with Gasteiger partial charge in [-0.3, -0.25) is 4.79 Å². The van der Waals surface area contributed by atoms with Crippen LogP contribution in [-0.2, 0) is 21.2 Å². The second-order valence-corrected chi connectivity index (χ2v) is 6.95. The first-order chi connectivity index (χ1) is 9.38. The summed E-state index contributed by atoms with van der Waals surface area (Å²) < 4.78 is 22.7. The second-order valence-electron chi connectivity index (χ2n) is 4.93. The molecule has 2 rings (SSSR count). The van der Waals surface area contributed by atoms with Crippen LogP contribution in [0.3, 0.4) is 0 Å². The summed E-state index contributed by atoms with van der Waals surface area (Å²) in [5.74, 6) is -0.0753. The number of rotatable bonds is 4. The minimum absolute atomic E-state index is 0.0753. The molecule has 0 spiro atoms. The van der Waals surface area contributed by atoms with Crippen molar-refractivity contribution >= 4 is 15.7 Å². The molecule has 1 aliphatic heterocycles. The molecule has 1 aromatic carbocycles. The quantitative estimate of drug-likeness (QED) is 0.799. The van der Waals surface area contributed by atoms with E-state index in [0.717, 1.165) is 29.8 Å². The zero-order valence-corrected chi connectivity index (χ0v) is 12.4. The molecular weight excluding hydrogens is 276 g/mol. The number of amides is 1. The molecular formula is C14H18N2O3S. The SMILES string of the molecule is CC(C(=O)NCc1ccc(S(C)(=O)=O)cc1)=C1CNC1. The average Bonchev–Trinajstić information content (AvgIpc) is 2.33. The molecule has 0 radical (unpaired) electrons. The van der Waals surface area contributed by atoms with Crippen molar-refractivity contribution in [2.75, 3.05) is 19.3 Å². The summed E-state index contributed by atoms with van der Waals surface area (Å²) in [6.07, 6.45) is 1.17. The van der Waals surface area contributed by atoms with Crippen LogP contribution in [0.1, 0.15) is 12.5 Å². The van der Waals surface area contributed by atoms with Crippen molar-refractivity contribution in [2.24, 2.45) is 0 Å². The van der Waals surface area contributed by atoms with Crippen LogP contribution in [0.15, 0.2) is 40.3 Å². The van der Waals surface area contributed by atoms with Crippen LogP contribution in [-0.4, -0.2) is 33.7 Å². The van der Waals surface area contributed by atoms with Crippen molar-refractivity contribution in [3.63, 3.8) is 0 Å². The van der Waals surface area contributed by atoms with Crippen LogP contribution in [0.25, 0.3) is 0 Å². The number of hydrogen-bond donors (Lipinski definition) is 2. The van der Waals surface area contributed by atoms with E-state index in [-0.39, 0.29) is 10.8 Å². The average molecular weight is 294 g/mol. The van der Waals surface area contributed by atoms with Gasteiger partial charge in [0.15, 0.2) is 9.84 Å². The molecule has 1 aromatic rings. The van der Waals surface area contributed by atoms with Gasteiger partial charge in [-0.05, 0) is 30.2 Å². The fourth-order valence-corrected chi connectivity index (χ4v) is 2.48. The number of carbonyl (C=O) groups is 1. The van der Waals surface area contributed by atoms with Crippen LogP contribution in [0, 0.1) is 0 Å². The Bertz CT molecular complexity index is 640. The van der Waals surface area contributed by atoms with Gasteiger partial charge in [0.2, 0.25) is 5.91 Å². The maximum atomic E-state index is 11.9. The van der Waals surface area contributed by atoms with E-state index in [1.165, 1.54) is 6.26 Å². The first kappa shape index (κ1) is 14.7. The molecule has 1 heterocycles. The van der Waals surface area contributed by atoms with Crippen molar-refractivity contribution in [1.82, 2.24) is 10.6 Å². The van der Waals surface area contributed by atoms with Gasteiger partial charge in [-0.2, -0.15) is 0 Å². The van der Waals surface area contributed by atoms with Crippen molar-refractivity contribution in [3.8, 4) is 0 Å². The largest absolute Gasteiger partial charge is 0.348 e. The molecule has 0 aliphatic carbocycles. The molecule has 1 saturated heterocycles. The van der Waals surface area contributed by atoms with E-state index in [4.69, 9.17) is 0 Å². The minimum atomic E-state index is -3.17. The smallest absolute Gasteiger partial charge is 0.247 e. The molecule has 20 heavy (non-hydrogen) atoms. The normalized spacial score (nSPS) is 14.6. The topological polar surface area (TPSA) is 75.3 Å². The Morgan fingerprint density at radius 3 is 2.30 bits per heavy atom. The highest BCUT2D eigenvalue weighted by Crippen LogP contribution is 2.11. The van der Waals surface area contributed by atoms with Crippen LogP contribution < -0.4 is 10.6 Å². The zero-order chi connectivity index (χ0) is 14.8. The van der Waals surface area contributed by atoms with Crippen molar-refractivity contribution < 1.29 is 13.2 Å². The predicted octanol–water partition coefficient (Wildman–Crippen LogP) is 0.626. The molecule has 2 N–H and O–H groups in total. The second kappa shape index (κ2) is 5.76. The Balaban J connectivity index is 1.96. The van der Waals surface area contributed by atoms with Crippen LogP contribution in [0.4, 0.5) is 0 Å². The van der Waals surface area contributed by atoms with E-state index < -0.39 is 9.84 Å². The van der Waals surface area contributed by atoms with Gasteiger partial charge >= 0.3 is 0 Å². The summed E-state index contributed by atoms with van der Waals surface area (Å²) in [5, 5.41) is 5.93. The third-order valence-electron chi connectivity index (χ3n) is 3.35. The predicted molar refractivity (Wildman–Crippen MR) is 77.0 cm³/mol. The summed E-state index contributed by atoms with van der Waals surface area (Å²) in [4.78, 5) is 12.2. The summed E-state index contributed by atoms with van der Waals surface area (Å²) >= 11 is 0. The van der Waals surface area contributed by atoms with Crippen LogP contribution >= 0.6 is 0 Å². The molecule has 1 aliphatic rings. The van der Waals surface area contributed by atoms with Gasteiger partial charge in [-0.1, -0.05) is 12.1 Å². The maximum absolute atomic E-state index is 11.9. The summed E-state index contributed by atoms with van der Waals surface area (Å²) in [6, 6.07) is 6.53. The van der Waals surface area contributed by atoms with Crippen molar-refractivity contribution in [2.45, 2.75) is 18.4 Å². The van der Waals surface area contributed by atoms with Gasteiger partial charge in [0.05, 0.1) is 4.90 Å². The highest BCUT2D eigenvalue weighted by Gasteiger charge is 2.15. The van der Waals surface area contributed by atoms with E-state index in [1.54, 1.807) is 24.3 Å². The van der Waals surface area contributed by atoms with Gasteiger partial charge in [-0.25, -0.2) is 8.42 Å². The first-order valence-corrected chi connectivity index (χ1v) is 8.23. The molecule has 0 unspecified atom stereocenters. The number of benzene rings is 1. The lowest BCUT2D eigenvalue weighted by atomic mass is 10.0. The Morgan fingerprint density at radius 1 is 1.25 bits per heavy atom. The van der Waals surface area contributed by atoms with Crippen molar-refractivity contribution in [3.05, 3.63) is 41.0 Å². The molecule has 0 aromatic heterocycles. The third-order valence-corrected chi connectivity index (χ3v) is 4.48. The van der Waals surface area contributed by atoms with E-state index >= 15 is 0 Å². The van der Waals surface area contributed by atoms with Gasteiger partial charge in [0.25, 0.3) is 0 Å². The summed E-state index contributed by atoms with van der Waals surface area (Å²) in [7, 11) is -3.17. The molecule has 0 atom stereocenters. The fourth-order valence-electron chi connectivity index (χ4n) is 1.85. The number of nitrogens with one attached hydrogen (secondary N) is 2. The molecule has 5 nitrogen and oxygen atoms in total. The van der Waals surface area contributed by atoms with E-state index in [0.29, 0.717) is 6.54 Å². The molecule has 6 heteroatoms. The number of carbonyl (C=O) groups excluding carboxylic acids is 1. The molecule has 1 amide bonds. The highest BCUT2D eigenvalue weighted by molar-refractivity contribution is 7.90. The molecule has 1 fully saturated rings.